The fraction of sp³-hybridized carbons (Fsp3) is 1.00. The van der Waals surface area contributed by atoms with E-state index < -0.39 is 0 Å². The van der Waals surface area contributed by atoms with E-state index in [0.29, 0.717) is 12.6 Å². The molecule has 2 heterocycles. The summed E-state index contributed by atoms with van der Waals surface area (Å²) in [6, 6.07) is 0.528. The Morgan fingerprint density at radius 1 is 1.43 bits per heavy atom. The Morgan fingerprint density at radius 2 is 2.29 bits per heavy atom. The molecule has 0 aromatic carbocycles. The van der Waals surface area contributed by atoms with Crippen LogP contribution in [-0.4, -0.2) is 56.5 Å². The van der Waals surface area contributed by atoms with Gasteiger partial charge in [-0.3, -0.25) is 4.90 Å². The predicted molar refractivity (Wildman–Crippen MR) is 54.2 cm³/mol. The molecule has 2 N–H and O–H groups in total. The van der Waals surface area contributed by atoms with Crippen LogP contribution in [0.25, 0.3) is 0 Å². The molecule has 2 atom stereocenters. The van der Waals surface area contributed by atoms with Crippen LogP contribution in [-0.2, 0) is 9.47 Å². The Labute approximate surface area is 85.3 Å². The van der Waals surface area contributed by atoms with Crippen molar-refractivity contribution in [2.45, 2.75) is 24.4 Å². The second-order valence-corrected chi connectivity index (χ2v) is 4.36. The lowest BCUT2D eigenvalue weighted by Crippen LogP contribution is -2.56. The molecule has 2 aliphatic heterocycles. The first-order valence-corrected chi connectivity index (χ1v) is 5.37. The largest absolute Gasteiger partial charge is 0.380 e. The first-order valence-electron chi connectivity index (χ1n) is 5.37. The summed E-state index contributed by atoms with van der Waals surface area (Å²) in [5, 5.41) is 0. The molecule has 0 spiro atoms. The topological polar surface area (TPSA) is 47.7 Å². The van der Waals surface area contributed by atoms with Crippen molar-refractivity contribution in [2.75, 3.05) is 40.0 Å². The Balaban J connectivity index is 2.02. The minimum absolute atomic E-state index is 0.0678. The lowest BCUT2D eigenvalue weighted by Gasteiger charge is -2.40. The third-order valence-corrected chi connectivity index (χ3v) is 3.66. The summed E-state index contributed by atoms with van der Waals surface area (Å²) >= 11 is 0. The van der Waals surface area contributed by atoms with Crippen molar-refractivity contribution in [3.05, 3.63) is 0 Å². The van der Waals surface area contributed by atoms with Gasteiger partial charge in [-0.25, -0.2) is 0 Å². The molecule has 0 radical (unpaired) electrons. The number of likely N-dealkylation sites (N-methyl/N-ethyl adjacent to an activating group) is 1. The highest BCUT2D eigenvalue weighted by molar-refractivity contribution is 4.97. The molecule has 4 heteroatoms. The smallest absolute Gasteiger partial charge is 0.0663 e. The van der Waals surface area contributed by atoms with Gasteiger partial charge in [0.2, 0.25) is 0 Å². The van der Waals surface area contributed by atoms with Crippen LogP contribution in [0.4, 0.5) is 0 Å². The molecule has 14 heavy (non-hydrogen) atoms. The van der Waals surface area contributed by atoms with E-state index in [0.717, 1.165) is 39.3 Å². The maximum absolute atomic E-state index is 5.87. The fourth-order valence-electron chi connectivity index (χ4n) is 2.39. The van der Waals surface area contributed by atoms with Crippen LogP contribution < -0.4 is 5.73 Å². The van der Waals surface area contributed by atoms with Gasteiger partial charge in [0.15, 0.2) is 0 Å². The molecule has 0 saturated carbocycles. The molecule has 82 valence electrons. The van der Waals surface area contributed by atoms with Gasteiger partial charge in [-0.05, 0) is 19.9 Å². The van der Waals surface area contributed by atoms with Crippen molar-refractivity contribution in [3.8, 4) is 0 Å². The average Bonchev–Trinajstić information content (AvgIpc) is 2.89. The summed E-state index contributed by atoms with van der Waals surface area (Å²) in [4.78, 5) is 2.38. The quantitative estimate of drug-likeness (QED) is 0.687. The van der Waals surface area contributed by atoms with Gasteiger partial charge in [-0.1, -0.05) is 0 Å². The number of nitrogens with zero attached hydrogens (tertiary/aromatic N) is 1. The van der Waals surface area contributed by atoms with E-state index in [1.54, 1.807) is 0 Å². The van der Waals surface area contributed by atoms with Gasteiger partial charge < -0.3 is 15.2 Å². The average molecular weight is 200 g/mol. The molecule has 0 aliphatic carbocycles. The van der Waals surface area contributed by atoms with Gasteiger partial charge in [0.1, 0.15) is 0 Å². The zero-order valence-corrected chi connectivity index (χ0v) is 8.87. The third-order valence-electron chi connectivity index (χ3n) is 3.66. The summed E-state index contributed by atoms with van der Waals surface area (Å²) < 4.78 is 10.9. The number of ether oxygens (including phenoxy) is 2. The number of hydrogen-bond acceptors (Lipinski definition) is 4. The van der Waals surface area contributed by atoms with Gasteiger partial charge in [0.05, 0.1) is 18.8 Å². The molecule has 0 bridgehead atoms. The summed E-state index contributed by atoms with van der Waals surface area (Å²) in [7, 11) is 2.15. The van der Waals surface area contributed by atoms with Crippen LogP contribution in [0.5, 0.6) is 0 Å². The van der Waals surface area contributed by atoms with Crippen molar-refractivity contribution in [1.29, 1.82) is 0 Å². The highest BCUT2D eigenvalue weighted by atomic mass is 16.5. The molecule has 2 unspecified atom stereocenters. The lowest BCUT2D eigenvalue weighted by atomic mass is 9.94. The normalized spacial score (nSPS) is 38.4. The Hall–Kier alpha value is -0.160. The van der Waals surface area contributed by atoms with Gasteiger partial charge in [-0.15, -0.1) is 0 Å². The Bertz CT molecular complexity index is 187. The number of hydrogen-bond donors (Lipinski definition) is 1. The van der Waals surface area contributed by atoms with Crippen LogP contribution in [0, 0.1) is 0 Å². The van der Waals surface area contributed by atoms with Crippen LogP contribution in [0.1, 0.15) is 12.8 Å². The second kappa shape index (κ2) is 4.14. The van der Waals surface area contributed by atoms with Crippen LogP contribution >= 0.6 is 0 Å². The number of rotatable bonds is 3. The van der Waals surface area contributed by atoms with Crippen LogP contribution in [0.3, 0.4) is 0 Å². The molecule has 0 aromatic rings. The van der Waals surface area contributed by atoms with Crippen LogP contribution in [0.2, 0.25) is 0 Å². The SMILES string of the molecule is CN(C1CCOC1)C1(CN)CCOC1. The number of nitrogens with two attached hydrogens (primary N) is 1. The molecular formula is C10H20N2O2. The lowest BCUT2D eigenvalue weighted by molar-refractivity contribution is 0.0522. The van der Waals surface area contributed by atoms with E-state index in [4.69, 9.17) is 15.2 Å². The summed E-state index contributed by atoms with van der Waals surface area (Å²) in [5.41, 5.74) is 5.94. The Morgan fingerprint density at radius 3 is 2.79 bits per heavy atom. The maximum atomic E-state index is 5.87. The van der Waals surface area contributed by atoms with Crippen molar-refractivity contribution in [1.82, 2.24) is 4.90 Å². The molecule has 2 saturated heterocycles. The maximum Gasteiger partial charge on any atom is 0.0663 e. The van der Waals surface area contributed by atoms with Gasteiger partial charge >= 0.3 is 0 Å². The first-order chi connectivity index (χ1) is 6.78. The van der Waals surface area contributed by atoms with E-state index in [1.807, 2.05) is 0 Å². The minimum atomic E-state index is 0.0678. The molecule has 2 rings (SSSR count). The van der Waals surface area contributed by atoms with Crippen molar-refractivity contribution in [2.24, 2.45) is 5.73 Å². The monoisotopic (exact) mass is 200 g/mol. The zero-order valence-electron chi connectivity index (χ0n) is 8.87. The van der Waals surface area contributed by atoms with Crippen molar-refractivity contribution < 1.29 is 9.47 Å². The van der Waals surface area contributed by atoms with Crippen LogP contribution in [0.15, 0.2) is 0 Å². The van der Waals surface area contributed by atoms with Gasteiger partial charge in [-0.2, -0.15) is 0 Å². The standard InChI is InChI=1S/C10H20N2O2/c1-12(9-2-4-13-6-9)10(7-11)3-5-14-8-10/h9H,2-8,11H2,1H3. The van der Waals surface area contributed by atoms with Crippen molar-refractivity contribution >= 4 is 0 Å². The van der Waals surface area contributed by atoms with Crippen molar-refractivity contribution in [3.63, 3.8) is 0 Å². The zero-order chi connectivity index (χ0) is 10.0. The summed E-state index contributed by atoms with van der Waals surface area (Å²) in [6.07, 6.45) is 2.18. The van der Waals surface area contributed by atoms with Gasteiger partial charge in [0, 0.05) is 25.8 Å². The minimum Gasteiger partial charge on any atom is -0.380 e. The molecule has 0 amide bonds. The predicted octanol–water partition coefficient (Wildman–Crippen LogP) is -0.175. The van der Waals surface area contributed by atoms with Gasteiger partial charge in [0.25, 0.3) is 0 Å². The van der Waals surface area contributed by atoms with E-state index in [9.17, 15) is 0 Å². The fourth-order valence-corrected chi connectivity index (χ4v) is 2.39. The third kappa shape index (κ3) is 1.67. The second-order valence-electron chi connectivity index (χ2n) is 4.36. The molecule has 4 nitrogen and oxygen atoms in total. The van der Waals surface area contributed by atoms with E-state index in [-0.39, 0.29) is 5.54 Å². The highest BCUT2D eigenvalue weighted by Crippen LogP contribution is 2.28. The molecular weight excluding hydrogens is 180 g/mol. The summed E-state index contributed by atoms with van der Waals surface area (Å²) in [6.45, 7) is 4.03. The highest BCUT2D eigenvalue weighted by Gasteiger charge is 2.41. The molecule has 0 aromatic heterocycles. The molecule has 2 fully saturated rings. The summed E-state index contributed by atoms with van der Waals surface area (Å²) in [5.74, 6) is 0. The molecule has 2 aliphatic rings. The van der Waals surface area contributed by atoms with E-state index >= 15 is 0 Å². The Kier molecular flexibility index (Phi) is 3.07. The first kappa shape index (κ1) is 10.4. The van der Waals surface area contributed by atoms with E-state index in [2.05, 4.69) is 11.9 Å². The van der Waals surface area contributed by atoms with E-state index in [1.165, 1.54) is 0 Å².